The minimum Gasteiger partial charge on any atom is -0.481 e. The summed E-state index contributed by atoms with van der Waals surface area (Å²) in [4.78, 5) is 81.4. The molecule has 0 fully saturated rings. The molecule has 0 spiro atoms. The molecule has 1 heterocycles. The molecular formula is C18H24N4O9. The van der Waals surface area contributed by atoms with Crippen LogP contribution in [-0.2, 0) is 33.6 Å². The second kappa shape index (κ2) is 12.7. The molecule has 1 aliphatic heterocycles. The molecule has 31 heavy (non-hydrogen) atoms. The topological polar surface area (TPSA) is 199 Å². The van der Waals surface area contributed by atoms with E-state index in [1.165, 1.54) is 0 Å². The van der Waals surface area contributed by atoms with E-state index in [-0.39, 0.29) is 38.8 Å². The maximum absolute atomic E-state index is 12.4. The number of hydrogen-bond donors (Lipinski definition) is 5. The zero-order valence-corrected chi connectivity index (χ0v) is 16.6. The van der Waals surface area contributed by atoms with Gasteiger partial charge in [0.05, 0.1) is 6.42 Å². The Morgan fingerprint density at radius 2 is 1.35 bits per heavy atom. The normalized spacial score (nSPS) is 13.6. The first-order valence-electron chi connectivity index (χ1n) is 9.41. The Hall–Kier alpha value is -3.77. The lowest BCUT2D eigenvalue weighted by Gasteiger charge is -2.20. The van der Waals surface area contributed by atoms with Gasteiger partial charge < -0.3 is 26.2 Å². The highest BCUT2D eigenvalue weighted by atomic mass is 16.4. The fraction of sp³-hybridized carbons (Fsp3) is 0.500. The number of amides is 5. The first kappa shape index (κ1) is 25.3. The van der Waals surface area contributed by atoms with Crippen LogP contribution in [0.3, 0.4) is 0 Å². The van der Waals surface area contributed by atoms with Crippen molar-refractivity contribution in [1.82, 2.24) is 20.9 Å². The zero-order valence-electron chi connectivity index (χ0n) is 16.6. The van der Waals surface area contributed by atoms with Gasteiger partial charge in [0.15, 0.2) is 0 Å². The standard InChI is InChI=1S/C18H24N4O9/c23-12(19-7-1-3-16(27)28)9-11(18(31)20-8-2-4-17(29)30)21-13(24)10-22-14(25)5-6-15(22)26/h5-6,11H,1-4,7-10H2,(H,19,23)(H,20,31)(H,21,24)(H,27,28)(H,29,30)/t11-/m0/s1. The number of carboxylic acid groups (broad SMARTS) is 2. The van der Waals surface area contributed by atoms with Gasteiger partial charge in [0.25, 0.3) is 11.8 Å². The fourth-order valence-corrected chi connectivity index (χ4v) is 2.48. The van der Waals surface area contributed by atoms with E-state index >= 15 is 0 Å². The number of hydrogen-bond acceptors (Lipinski definition) is 7. The molecule has 0 saturated carbocycles. The highest BCUT2D eigenvalue weighted by Crippen LogP contribution is 2.03. The summed E-state index contributed by atoms with van der Waals surface area (Å²) in [7, 11) is 0. The number of carbonyl (C=O) groups is 7. The summed E-state index contributed by atoms with van der Waals surface area (Å²) in [6, 6.07) is -1.35. The summed E-state index contributed by atoms with van der Waals surface area (Å²) in [5.41, 5.74) is 0. The van der Waals surface area contributed by atoms with Gasteiger partial charge in [-0.3, -0.25) is 38.5 Å². The van der Waals surface area contributed by atoms with Crippen LogP contribution >= 0.6 is 0 Å². The average Bonchev–Trinajstić information content (AvgIpc) is 2.99. The monoisotopic (exact) mass is 440 g/mol. The van der Waals surface area contributed by atoms with Crippen molar-refractivity contribution in [2.75, 3.05) is 19.6 Å². The van der Waals surface area contributed by atoms with Crippen LogP contribution in [0.1, 0.15) is 32.1 Å². The van der Waals surface area contributed by atoms with Crippen molar-refractivity contribution in [3.05, 3.63) is 12.2 Å². The van der Waals surface area contributed by atoms with Gasteiger partial charge in [-0.2, -0.15) is 0 Å². The first-order valence-corrected chi connectivity index (χ1v) is 9.41. The van der Waals surface area contributed by atoms with Gasteiger partial charge in [0.1, 0.15) is 12.6 Å². The van der Waals surface area contributed by atoms with Crippen molar-refractivity contribution >= 4 is 41.5 Å². The van der Waals surface area contributed by atoms with E-state index in [9.17, 15) is 33.6 Å². The molecule has 1 aliphatic rings. The second-order valence-electron chi connectivity index (χ2n) is 6.56. The molecular weight excluding hydrogens is 416 g/mol. The first-order chi connectivity index (χ1) is 14.6. The number of carbonyl (C=O) groups excluding carboxylic acids is 5. The molecule has 0 unspecified atom stereocenters. The van der Waals surface area contributed by atoms with E-state index < -0.39 is 60.5 Å². The third-order valence-corrected chi connectivity index (χ3v) is 4.00. The van der Waals surface area contributed by atoms with Gasteiger partial charge in [-0.1, -0.05) is 0 Å². The number of imide groups is 1. The van der Waals surface area contributed by atoms with E-state index in [1.807, 2.05) is 0 Å². The molecule has 0 saturated heterocycles. The van der Waals surface area contributed by atoms with Gasteiger partial charge in [0.2, 0.25) is 17.7 Å². The lowest BCUT2D eigenvalue weighted by atomic mass is 10.1. The van der Waals surface area contributed by atoms with E-state index in [0.29, 0.717) is 4.90 Å². The molecule has 0 aliphatic carbocycles. The van der Waals surface area contributed by atoms with Crippen LogP contribution in [0.15, 0.2) is 12.2 Å². The summed E-state index contributed by atoms with van der Waals surface area (Å²) in [6.45, 7) is -0.604. The number of aliphatic carboxylic acids is 2. The molecule has 5 N–H and O–H groups in total. The minimum absolute atomic E-state index is 0.00918. The summed E-state index contributed by atoms with van der Waals surface area (Å²) in [6.07, 6.45) is 1.46. The van der Waals surface area contributed by atoms with Crippen LogP contribution in [0.2, 0.25) is 0 Å². The molecule has 0 aromatic rings. The van der Waals surface area contributed by atoms with Crippen molar-refractivity contribution < 1.29 is 43.8 Å². The van der Waals surface area contributed by atoms with E-state index in [0.717, 1.165) is 12.2 Å². The van der Waals surface area contributed by atoms with E-state index in [4.69, 9.17) is 10.2 Å². The highest BCUT2D eigenvalue weighted by molar-refractivity contribution is 6.14. The number of carboxylic acids is 2. The lowest BCUT2D eigenvalue weighted by Crippen LogP contribution is -2.52. The molecule has 5 amide bonds. The van der Waals surface area contributed by atoms with Gasteiger partial charge in [-0.05, 0) is 12.8 Å². The summed E-state index contributed by atoms with van der Waals surface area (Å²) in [5, 5.41) is 24.3. The van der Waals surface area contributed by atoms with Crippen molar-refractivity contribution in [3.63, 3.8) is 0 Å². The lowest BCUT2D eigenvalue weighted by molar-refractivity contribution is -0.142. The zero-order chi connectivity index (χ0) is 23.4. The fourth-order valence-electron chi connectivity index (χ4n) is 2.48. The van der Waals surface area contributed by atoms with Crippen LogP contribution in [0.4, 0.5) is 0 Å². The molecule has 170 valence electrons. The van der Waals surface area contributed by atoms with Gasteiger partial charge in [-0.25, -0.2) is 0 Å². The SMILES string of the molecule is O=C(O)CCCNC(=O)C[C@H](NC(=O)CN1C(=O)C=CC1=O)C(=O)NCCCC(=O)O. The minimum atomic E-state index is -1.35. The Morgan fingerprint density at radius 3 is 1.87 bits per heavy atom. The van der Waals surface area contributed by atoms with Crippen molar-refractivity contribution in [2.24, 2.45) is 0 Å². The largest absolute Gasteiger partial charge is 0.481 e. The Labute approximate surface area is 176 Å². The van der Waals surface area contributed by atoms with Crippen molar-refractivity contribution in [2.45, 2.75) is 38.1 Å². The second-order valence-corrected chi connectivity index (χ2v) is 6.56. The van der Waals surface area contributed by atoms with Gasteiger partial charge in [0, 0.05) is 38.1 Å². The van der Waals surface area contributed by atoms with Crippen molar-refractivity contribution in [1.29, 1.82) is 0 Å². The maximum atomic E-state index is 12.4. The Bertz CT molecular complexity index is 760. The predicted octanol–water partition coefficient (Wildman–Crippen LogP) is -2.25. The molecule has 1 rings (SSSR count). The number of nitrogens with zero attached hydrogens (tertiary/aromatic N) is 1. The van der Waals surface area contributed by atoms with Crippen LogP contribution < -0.4 is 16.0 Å². The third-order valence-electron chi connectivity index (χ3n) is 4.00. The number of nitrogens with one attached hydrogen (secondary N) is 3. The Morgan fingerprint density at radius 1 is 0.839 bits per heavy atom. The van der Waals surface area contributed by atoms with E-state index in [2.05, 4.69) is 16.0 Å². The molecule has 0 aromatic heterocycles. The van der Waals surface area contributed by atoms with Crippen LogP contribution in [0.25, 0.3) is 0 Å². The van der Waals surface area contributed by atoms with Crippen LogP contribution in [0.5, 0.6) is 0 Å². The van der Waals surface area contributed by atoms with Gasteiger partial charge in [-0.15, -0.1) is 0 Å². The van der Waals surface area contributed by atoms with Crippen LogP contribution in [0, 0.1) is 0 Å². The summed E-state index contributed by atoms with van der Waals surface area (Å²) >= 11 is 0. The summed E-state index contributed by atoms with van der Waals surface area (Å²) in [5.74, 6) is -5.69. The Balaban J connectivity index is 2.64. The van der Waals surface area contributed by atoms with Gasteiger partial charge >= 0.3 is 11.9 Å². The molecule has 0 aromatic carbocycles. The number of rotatable bonds is 14. The third kappa shape index (κ3) is 10.0. The van der Waals surface area contributed by atoms with E-state index in [1.54, 1.807) is 0 Å². The molecule has 0 bridgehead atoms. The predicted molar refractivity (Wildman–Crippen MR) is 102 cm³/mol. The quantitative estimate of drug-likeness (QED) is 0.146. The molecule has 13 heteroatoms. The van der Waals surface area contributed by atoms with Crippen LogP contribution in [-0.4, -0.2) is 82.3 Å². The Kier molecular flexibility index (Phi) is 10.4. The average molecular weight is 440 g/mol. The summed E-state index contributed by atoms with van der Waals surface area (Å²) < 4.78 is 0. The molecule has 13 nitrogen and oxygen atoms in total. The smallest absolute Gasteiger partial charge is 0.303 e. The molecule has 0 radical (unpaired) electrons. The maximum Gasteiger partial charge on any atom is 0.303 e. The van der Waals surface area contributed by atoms with Crippen molar-refractivity contribution in [3.8, 4) is 0 Å². The highest BCUT2D eigenvalue weighted by Gasteiger charge is 2.29. The molecule has 1 atom stereocenters.